The lowest BCUT2D eigenvalue weighted by Gasteiger charge is -2.34. The summed E-state index contributed by atoms with van der Waals surface area (Å²) in [7, 11) is -2.84. The predicted molar refractivity (Wildman–Crippen MR) is 117 cm³/mol. The molecule has 0 unspecified atom stereocenters. The first kappa shape index (κ1) is 18.7. The molecule has 4 nitrogen and oxygen atoms in total. The van der Waals surface area contributed by atoms with Gasteiger partial charge in [0.05, 0.1) is 0 Å². The fourth-order valence-electron chi connectivity index (χ4n) is 3.85. The van der Waals surface area contributed by atoms with E-state index in [-0.39, 0.29) is 23.0 Å². The van der Waals surface area contributed by atoms with Gasteiger partial charge < -0.3 is 20.4 Å². The van der Waals surface area contributed by atoms with Gasteiger partial charge in [0.2, 0.25) is 0 Å². The van der Waals surface area contributed by atoms with Crippen molar-refractivity contribution in [2.75, 3.05) is 0 Å². The maximum absolute atomic E-state index is 9.86. The minimum absolute atomic E-state index is 0.179. The molecule has 0 saturated heterocycles. The van der Waals surface area contributed by atoms with Gasteiger partial charge in [0.1, 0.15) is 23.0 Å². The molecule has 4 N–H and O–H groups in total. The molecule has 0 atom stereocenters. The zero-order valence-electron chi connectivity index (χ0n) is 15.5. The number of rotatable bonds is 4. The van der Waals surface area contributed by atoms with Gasteiger partial charge in [-0.3, -0.25) is 0 Å². The number of phenols is 4. The summed E-state index contributed by atoms with van der Waals surface area (Å²) in [5.41, 5.74) is 0. The highest BCUT2D eigenvalue weighted by Crippen LogP contribution is 2.17. The summed E-state index contributed by atoms with van der Waals surface area (Å²) >= 11 is 0. The van der Waals surface area contributed by atoms with E-state index < -0.39 is 8.07 Å². The van der Waals surface area contributed by atoms with Crippen molar-refractivity contribution >= 4 is 28.8 Å². The van der Waals surface area contributed by atoms with E-state index >= 15 is 0 Å². The van der Waals surface area contributed by atoms with Gasteiger partial charge in [-0.15, -0.1) is 0 Å². The topological polar surface area (TPSA) is 80.9 Å². The van der Waals surface area contributed by atoms with Crippen LogP contribution in [0.1, 0.15) is 0 Å². The molecular formula is C24H20O4Si. The Hall–Kier alpha value is -3.70. The molecule has 4 aromatic rings. The molecule has 0 aliphatic heterocycles. The molecule has 5 heteroatoms. The van der Waals surface area contributed by atoms with Crippen molar-refractivity contribution < 1.29 is 20.4 Å². The largest absolute Gasteiger partial charge is 0.508 e. The summed E-state index contributed by atoms with van der Waals surface area (Å²) in [5, 5.41) is 43.5. The molecule has 29 heavy (non-hydrogen) atoms. The van der Waals surface area contributed by atoms with Gasteiger partial charge in [0, 0.05) is 0 Å². The highest BCUT2D eigenvalue weighted by molar-refractivity contribution is 7.19. The zero-order chi connectivity index (χ0) is 20.4. The highest BCUT2D eigenvalue weighted by atomic mass is 28.3. The molecule has 0 saturated carbocycles. The maximum atomic E-state index is 9.86. The van der Waals surface area contributed by atoms with E-state index in [0.717, 1.165) is 20.7 Å². The van der Waals surface area contributed by atoms with Gasteiger partial charge in [-0.25, -0.2) is 0 Å². The van der Waals surface area contributed by atoms with Crippen molar-refractivity contribution in [1.82, 2.24) is 0 Å². The van der Waals surface area contributed by atoms with Crippen molar-refractivity contribution in [2.45, 2.75) is 0 Å². The summed E-state index contributed by atoms with van der Waals surface area (Å²) in [6.45, 7) is 0. The van der Waals surface area contributed by atoms with Crippen molar-refractivity contribution in [1.29, 1.82) is 0 Å². The second kappa shape index (κ2) is 7.37. The van der Waals surface area contributed by atoms with Crippen LogP contribution in [-0.2, 0) is 0 Å². The van der Waals surface area contributed by atoms with E-state index in [1.807, 2.05) is 48.5 Å². The van der Waals surface area contributed by atoms with E-state index in [4.69, 9.17) is 0 Å². The van der Waals surface area contributed by atoms with Crippen molar-refractivity contribution in [3.63, 3.8) is 0 Å². The van der Waals surface area contributed by atoms with Crippen LogP contribution in [0.15, 0.2) is 97.1 Å². The third-order valence-electron chi connectivity index (χ3n) is 5.20. The van der Waals surface area contributed by atoms with Gasteiger partial charge in [-0.1, -0.05) is 48.5 Å². The Labute approximate surface area is 169 Å². The molecule has 0 heterocycles. The lowest BCUT2D eigenvalue weighted by Crippen LogP contribution is -2.74. The molecule has 0 radical (unpaired) electrons. The Morgan fingerprint density at radius 3 is 0.655 bits per heavy atom. The van der Waals surface area contributed by atoms with Crippen LogP contribution in [0, 0.1) is 0 Å². The third-order valence-corrected chi connectivity index (χ3v) is 10.00. The predicted octanol–water partition coefficient (Wildman–Crippen LogP) is 1.89. The third kappa shape index (κ3) is 3.32. The lowest BCUT2D eigenvalue weighted by atomic mass is 10.3. The number of aromatic hydroxyl groups is 4. The Morgan fingerprint density at radius 1 is 0.310 bits per heavy atom. The lowest BCUT2D eigenvalue weighted by molar-refractivity contribution is 0.475. The van der Waals surface area contributed by atoms with E-state index in [1.54, 1.807) is 48.5 Å². The van der Waals surface area contributed by atoms with Crippen LogP contribution in [-0.4, -0.2) is 28.5 Å². The van der Waals surface area contributed by atoms with Crippen LogP contribution in [0.5, 0.6) is 23.0 Å². The maximum Gasteiger partial charge on any atom is 0.179 e. The fourth-order valence-corrected chi connectivity index (χ4v) is 8.51. The van der Waals surface area contributed by atoms with Gasteiger partial charge >= 0.3 is 0 Å². The molecule has 0 bridgehead atoms. The normalized spacial score (nSPS) is 11.3. The summed E-state index contributed by atoms with van der Waals surface area (Å²) in [5.74, 6) is 0.718. The van der Waals surface area contributed by atoms with Crippen LogP contribution >= 0.6 is 0 Å². The smallest absolute Gasteiger partial charge is 0.179 e. The van der Waals surface area contributed by atoms with Crippen LogP contribution in [0.4, 0.5) is 0 Å². The molecular weight excluding hydrogens is 380 g/mol. The van der Waals surface area contributed by atoms with E-state index in [2.05, 4.69) is 0 Å². The molecule has 0 aliphatic rings. The van der Waals surface area contributed by atoms with E-state index in [1.165, 1.54) is 0 Å². The number of phenolic OH excluding ortho intramolecular Hbond substituents is 4. The summed E-state index contributed by atoms with van der Waals surface area (Å²) < 4.78 is 0. The molecule has 0 aromatic heterocycles. The second-order valence-corrected chi connectivity index (χ2v) is 10.7. The zero-order valence-corrected chi connectivity index (χ0v) is 16.5. The first-order valence-corrected chi connectivity index (χ1v) is 11.2. The molecule has 4 aromatic carbocycles. The Morgan fingerprint density at radius 2 is 0.483 bits per heavy atom. The summed E-state index contributed by atoms with van der Waals surface area (Å²) in [6, 6.07) is 28.6. The van der Waals surface area contributed by atoms with Gasteiger partial charge in [-0.05, 0) is 69.3 Å². The quantitative estimate of drug-likeness (QED) is 0.312. The Bertz CT molecular complexity index is 916. The summed E-state index contributed by atoms with van der Waals surface area (Å²) in [6.07, 6.45) is 0. The average Bonchev–Trinajstić information content (AvgIpc) is 2.73. The van der Waals surface area contributed by atoms with Gasteiger partial charge in [-0.2, -0.15) is 0 Å². The molecule has 0 aliphatic carbocycles. The Balaban J connectivity index is 2.11. The number of benzene rings is 4. The highest BCUT2D eigenvalue weighted by Gasteiger charge is 2.41. The average molecular weight is 401 g/mol. The van der Waals surface area contributed by atoms with Crippen molar-refractivity contribution in [2.24, 2.45) is 0 Å². The first-order valence-electron chi connectivity index (χ1n) is 9.18. The first-order chi connectivity index (χ1) is 14.0. The molecule has 0 spiro atoms. The number of hydrogen-bond donors (Lipinski definition) is 4. The minimum atomic E-state index is -2.84. The van der Waals surface area contributed by atoms with Crippen molar-refractivity contribution in [3.05, 3.63) is 97.1 Å². The second-order valence-electron chi connectivity index (χ2n) is 6.94. The van der Waals surface area contributed by atoms with Crippen molar-refractivity contribution in [3.8, 4) is 23.0 Å². The standard InChI is InChI=1S/C24H20O4Si/c25-17-1-9-21(10-2-17)29(22-11-3-18(26)4-12-22,23-13-5-19(27)6-14-23)24-15-7-20(28)8-16-24/h1-16,25-28H. The van der Waals surface area contributed by atoms with Crippen LogP contribution in [0.2, 0.25) is 0 Å². The monoisotopic (exact) mass is 400 g/mol. The van der Waals surface area contributed by atoms with Crippen LogP contribution in [0.25, 0.3) is 0 Å². The van der Waals surface area contributed by atoms with Crippen LogP contribution < -0.4 is 20.7 Å². The minimum Gasteiger partial charge on any atom is -0.508 e. The van der Waals surface area contributed by atoms with Crippen LogP contribution in [0.3, 0.4) is 0 Å². The summed E-state index contributed by atoms with van der Waals surface area (Å²) in [4.78, 5) is 0. The number of hydrogen-bond acceptors (Lipinski definition) is 4. The Kier molecular flexibility index (Phi) is 4.74. The van der Waals surface area contributed by atoms with E-state index in [9.17, 15) is 20.4 Å². The SMILES string of the molecule is Oc1ccc([Si](c2ccc(O)cc2)(c2ccc(O)cc2)c2ccc(O)cc2)cc1. The molecule has 144 valence electrons. The molecule has 0 amide bonds. The van der Waals surface area contributed by atoms with Gasteiger partial charge in [0.15, 0.2) is 8.07 Å². The van der Waals surface area contributed by atoms with E-state index in [0.29, 0.717) is 0 Å². The fraction of sp³-hybridized carbons (Fsp3) is 0. The molecule has 0 fully saturated rings. The van der Waals surface area contributed by atoms with Gasteiger partial charge in [0.25, 0.3) is 0 Å². The molecule has 4 rings (SSSR count).